The van der Waals surface area contributed by atoms with Crippen molar-refractivity contribution < 1.29 is 23.9 Å². The summed E-state index contributed by atoms with van der Waals surface area (Å²) < 4.78 is 10.2. The molecule has 0 saturated heterocycles. The Kier molecular flexibility index (Phi) is 7.65. The third kappa shape index (κ3) is 7.12. The zero-order valence-electron chi connectivity index (χ0n) is 16.6. The number of urea groups is 1. The highest BCUT2D eigenvalue weighted by Crippen LogP contribution is 2.20. The van der Waals surface area contributed by atoms with Gasteiger partial charge in [-0.15, -0.1) is 0 Å². The van der Waals surface area contributed by atoms with Crippen molar-refractivity contribution in [3.8, 4) is 5.75 Å². The van der Waals surface area contributed by atoms with Crippen molar-refractivity contribution in [1.82, 2.24) is 10.6 Å². The molecule has 0 radical (unpaired) electrons. The first-order valence-corrected chi connectivity index (χ1v) is 9.89. The van der Waals surface area contributed by atoms with E-state index in [0.717, 1.165) is 37.1 Å². The minimum atomic E-state index is -0.701. The molecule has 2 aromatic carbocycles. The summed E-state index contributed by atoms with van der Waals surface area (Å²) in [5, 5.41) is 8.11. The van der Waals surface area contributed by atoms with Gasteiger partial charge in [0.25, 0.3) is 5.91 Å². The number of ether oxygens (including phenoxy) is 2. The number of rotatable bonds is 8. The van der Waals surface area contributed by atoms with E-state index in [4.69, 9.17) is 9.47 Å². The summed E-state index contributed by atoms with van der Waals surface area (Å²) in [5.41, 5.74) is 1.84. The van der Waals surface area contributed by atoms with Gasteiger partial charge in [0.1, 0.15) is 5.75 Å². The van der Waals surface area contributed by atoms with Gasteiger partial charge in [-0.1, -0.05) is 31.0 Å². The fourth-order valence-electron chi connectivity index (χ4n) is 3.11. The van der Waals surface area contributed by atoms with Crippen molar-refractivity contribution in [2.45, 2.75) is 31.7 Å². The molecule has 0 unspecified atom stereocenters. The smallest absolute Gasteiger partial charge is 0.344 e. The first kappa shape index (κ1) is 21.2. The molecule has 0 atom stereocenters. The molecule has 0 aromatic heterocycles. The number of amides is 3. The van der Waals surface area contributed by atoms with Crippen LogP contribution in [-0.4, -0.2) is 37.2 Å². The van der Waals surface area contributed by atoms with E-state index in [1.54, 1.807) is 12.1 Å². The van der Waals surface area contributed by atoms with Crippen LogP contribution in [0.3, 0.4) is 0 Å². The fourth-order valence-corrected chi connectivity index (χ4v) is 3.11. The summed E-state index contributed by atoms with van der Waals surface area (Å²) in [7, 11) is 0. The average molecular weight is 411 g/mol. The second kappa shape index (κ2) is 10.8. The highest BCUT2D eigenvalue weighted by molar-refractivity contribution is 5.95. The average Bonchev–Trinajstić information content (AvgIpc) is 3.25. The molecule has 0 bridgehead atoms. The topological polar surface area (TPSA) is 106 Å². The number of anilines is 2. The molecule has 0 aliphatic heterocycles. The van der Waals surface area contributed by atoms with Gasteiger partial charge in [-0.2, -0.15) is 0 Å². The standard InChI is InChI=1S/C22H25N3O5/c26-20(25-22(28)24-17-8-4-5-9-17)14-30-21(27)15-29-19-12-10-18(11-13-19)23-16-6-2-1-3-7-16/h1-3,6-7,10-13,17,23H,4-5,8-9,14-15H2,(H2,24,25,26,28). The third-order valence-electron chi connectivity index (χ3n) is 4.58. The number of hydrogen-bond donors (Lipinski definition) is 3. The molecule has 158 valence electrons. The minimum absolute atomic E-state index is 0.100. The van der Waals surface area contributed by atoms with Crippen molar-refractivity contribution in [2.24, 2.45) is 0 Å². The van der Waals surface area contributed by atoms with Crippen molar-refractivity contribution in [2.75, 3.05) is 18.5 Å². The van der Waals surface area contributed by atoms with Crippen molar-refractivity contribution >= 4 is 29.3 Å². The lowest BCUT2D eigenvalue weighted by atomic mass is 10.2. The van der Waals surface area contributed by atoms with E-state index in [1.165, 1.54) is 0 Å². The molecule has 2 aromatic rings. The Hall–Kier alpha value is -3.55. The van der Waals surface area contributed by atoms with Gasteiger partial charge in [0.15, 0.2) is 13.2 Å². The monoisotopic (exact) mass is 411 g/mol. The second-order valence-electron chi connectivity index (χ2n) is 6.97. The number of carbonyl (C=O) groups excluding carboxylic acids is 3. The lowest BCUT2D eigenvalue weighted by molar-refractivity contribution is -0.150. The van der Waals surface area contributed by atoms with Gasteiger partial charge in [-0.05, 0) is 49.2 Å². The zero-order valence-corrected chi connectivity index (χ0v) is 16.6. The molecule has 8 heteroatoms. The van der Waals surface area contributed by atoms with Gasteiger partial charge in [0.2, 0.25) is 0 Å². The summed E-state index contributed by atoms with van der Waals surface area (Å²) >= 11 is 0. The van der Waals surface area contributed by atoms with Crippen LogP contribution in [0.2, 0.25) is 0 Å². The maximum absolute atomic E-state index is 11.8. The van der Waals surface area contributed by atoms with Crippen molar-refractivity contribution in [3.63, 3.8) is 0 Å². The Morgan fingerprint density at radius 3 is 2.23 bits per heavy atom. The lowest BCUT2D eigenvalue weighted by Gasteiger charge is -2.12. The Balaban J connectivity index is 1.33. The van der Waals surface area contributed by atoms with Crippen molar-refractivity contribution in [3.05, 3.63) is 54.6 Å². The van der Waals surface area contributed by atoms with E-state index in [2.05, 4.69) is 16.0 Å². The highest BCUT2D eigenvalue weighted by atomic mass is 16.6. The molecular weight excluding hydrogens is 386 g/mol. The first-order valence-electron chi connectivity index (χ1n) is 9.89. The number of para-hydroxylation sites is 1. The van der Waals surface area contributed by atoms with E-state index in [1.807, 2.05) is 42.5 Å². The largest absolute Gasteiger partial charge is 0.482 e. The van der Waals surface area contributed by atoms with Crippen LogP contribution in [0, 0.1) is 0 Å². The maximum Gasteiger partial charge on any atom is 0.344 e. The number of nitrogens with one attached hydrogen (secondary N) is 3. The number of esters is 1. The summed E-state index contributed by atoms with van der Waals surface area (Å²) in [5.74, 6) is -0.894. The van der Waals surface area contributed by atoms with Crippen molar-refractivity contribution in [1.29, 1.82) is 0 Å². The van der Waals surface area contributed by atoms with Gasteiger partial charge in [0.05, 0.1) is 0 Å². The molecule has 0 heterocycles. The Morgan fingerprint density at radius 2 is 1.53 bits per heavy atom. The molecule has 3 N–H and O–H groups in total. The molecular formula is C22H25N3O5. The van der Waals surface area contributed by atoms with Gasteiger partial charge in [-0.25, -0.2) is 9.59 Å². The predicted octanol–water partition coefficient (Wildman–Crippen LogP) is 3.12. The second-order valence-corrected chi connectivity index (χ2v) is 6.97. The number of benzene rings is 2. The number of imide groups is 1. The Labute approximate surface area is 174 Å². The van der Waals surface area contributed by atoms with E-state index >= 15 is 0 Å². The third-order valence-corrected chi connectivity index (χ3v) is 4.58. The number of carbonyl (C=O) groups is 3. The molecule has 1 saturated carbocycles. The van der Waals surface area contributed by atoms with Gasteiger partial charge in [0, 0.05) is 17.4 Å². The minimum Gasteiger partial charge on any atom is -0.482 e. The van der Waals surface area contributed by atoms with E-state index < -0.39 is 24.5 Å². The van der Waals surface area contributed by atoms with Crippen LogP contribution >= 0.6 is 0 Å². The summed E-state index contributed by atoms with van der Waals surface area (Å²) in [6.07, 6.45) is 3.97. The zero-order chi connectivity index (χ0) is 21.2. The normalized spacial score (nSPS) is 13.3. The van der Waals surface area contributed by atoms with Crippen LogP contribution < -0.4 is 20.7 Å². The van der Waals surface area contributed by atoms with Crippen LogP contribution in [0.5, 0.6) is 5.75 Å². The van der Waals surface area contributed by atoms with Gasteiger partial charge < -0.3 is 20.1 Å². The SMILES string of the molecule is O=C(COC(=O)COc1ccc(Nc2ccccc2)cc1)NC(=O)NC1CCCC1. The predicted molar refractivity (Wildman–Crippen MR) is 112 cm³/mol. The Bertz CT molecular complexity index is 849. The first-order chi connectivity index (χ1) is 14.6. The van der Waals surface area contributed by atoms with Crippen LogP contribution in [0.1, 0.15) is 25.7 Å². The summed E-state index contributed by atoms with van der Waals surface area (Å²) in [6.45, 7) is -0.882. The molecule has 3 amide bonds. The quantitative estimate of drug-likeness (QED) is 0.577. The highest BCUT2D eigenvalue weighted by Gasteiger charge is 2.18. The Morgan fingerprint density at radius 1 is 0.867 bits per heavy atom. The number of hydrogen-bond acceptors (Lipinski definition) is 6. The van der Waals surface area contributed by atoms with Gasteiger partial charge in [-0.3, -0.25) is 10.1 Å². The summed E-state index contributed by atoms with van der Waals surface area (Å²) in [6, 6.07) is 16.3. The maximum atomic E-state index is 11.8. The van der Waals surface area contributed by atoms with E-state index in [-0.39, 0.29) is 12.6 Å². The van der Waals surface area contributed by atoms with Crippen LogP contribution in [0.4, 0.5) is 16.2 Å². The molecule has 1 fully saturated rings. The molecule has 3 rings (SSSR count). The van der Waals surface area contributed by atoms with E-state index in [9.17, 15) is 14.4 Å². The lowest BCUT2D eigenvalue weighted by Crippen LogP contribution is -2.45. The van der Waals surface area contributed by atoms with Crippen LogP contribution in [0.25, 0.3) is 0 Å². The van der Waals surface area contributed by atoms with Crippen LogP contribution in [-0.2, 0) is 14.3 Å². The molecule has 0 spiro atoms. The summed E-state index contributed by atoms with van der Waals surface area (Å²) in [4.78, 5) is 35.1. The van der Waals surface area contributed by atoms with Crippen LogP contribution in [0.15, 0.2) is 54.6 Å². The molecule has 8 nitrogen and oxygen atoms in total. The fraction of sp³-hybridized carbons (Fsp3) is 0.318. The molecule has 1 aliphatic carbocycles. The van der Waals surface area contributed by atoms with Gasteiger partial charge >= 0.3 is 12.0 Å². The molecule has 30 heavy (non-hydrogen) atoms. The molecule has 1 aliphatic rings. The van der Waals surface area contributed by atoms with E-state index in [0.29, 0.717) is 5.75 Å².